The van der Waals surface area contributed by atoms with Crippen molar-refractivity contribution in [2.24, 2.45) is 5.92 Å². The van der Waals surface area contributed by atoms with Gasteiger partial charge in [0.25, 0.3) is 5.91 Å². The minimum Gasteiger partial charge on any atom is -0.390 e. The summed E-state index contributed by atoms with van der Waals surface area (Å²) in [4.78, 5) is 30.0. The zero-order valence-corrected chi connectivity index (χ0v) is 21.1. The van der Waals surface area contributed by atoms with E-state index in [2.05, 4.69) is 37.1 Å². The minimum absolute atomic E-state index is 0.0456. The molecule has 4 aliphatic rings. The number of amides is 2. The second kappa shape index (κ2) is 8.98. The van der Waals surface area contributed by atoms with Gasteiger partial charge in [-0.2, -0.15) is 5.10 Å². The van der Waals surface area contributed by atoms with Crippen LogP contribution in [0.5, 0.6) is 0 Å². The quantitative estimate of drug-likeness (QED) is 0.709. The minimum atomic E-state index is -1.43. The first-order valence-electron chi connectivity index (χ1n) is 13.4. The van der Waals surface area contributed by atoms with Gasteiger partial charge in [-0.15, -0.1) is 0 Å². The molecule has 7 nitrogen and oxygen atoms in total. The molecule has 8 heteroatoms. The van der Waals surface area contributed by atoms with Crippen molar-refractivity contribution >= 4 is 11.8 Å². The molecule has 3 fully saturated rings. The van der Waals surface area contributed by atoms with Crippen molar-refractivity contribution < 1.29 is 19.1 Å². The maximum atomic E-state index is 14.1. The lowest BCUT2D eigenvalue weighted by atomic mass is 9.85. The zero-order chi connectivity index (χ0) is 25.1. The summed E-state index contributed by atoms with van der Waals surface area (Å²) in [7, 11) is 0. The number of piperidine rings is 2. The van der Waals surface area contributed by atoms with Crippen molar-refractivity contribution in [2.75, 3.05) is 26.2 Å². The molecule has 1 N–H and O–H groups in total. The van der Waals surface area contributed by atoms with E-state index in [4.69, 9.17) is 0 Å². The van der Waals surface area contributed by atoms with Crippen LogP contribution >= 0.6 is 0 Å². The molecule has 0 bridgehead atoms. The van der Waals surface area contributed by atoms with Crippen molar-refractivity contribution in [1.82, 2.24) is 19.6 Å². The van der Waals surface area contributed by atoms with Crippen molar-refractivity contribution in [1.29, 1.82) is 0 Å². The lowest BCUT2D eigenvalue weighted by molar-refractivity contribution is -0.133. The normalized spacial score (nSPS) is 27.7. The van der Waals surface area contributed by atoms with Gasteiger partial charge in [0.15, 0.2) is 5.69 Å². The number of aryl methyl sites for hydroxylation is 1. The summed E-state index contributed by atoms with van der Waals surface area (Å²) in [5.74, 6) is 1.13. The fourth-order valence-electron chi connectivity index (χ4n) is 6.59. The maximum Gasteiger partial charge on any atom is 0.274 e. The summed E-state index contributed by atoms with van der Waals surface area (Å²) in [6, 6.07) is 6.49. The number of likely N-dealkylation sites (tertiary alicyclic amines) is 2. The van der Waals surface area contributed by atoms with Gasteiger partial charge in [-0.05, 0) is 80.4 Å². The number of aliphatic hydroxyl groups is 1. The average Bonchev–Trinajstić information content (AvgIpc) is 3.40. The second-order valence-electron chi connectivity index (χ2n) is 11.2. The second-order valence-corrected chi connectivity index (χ2v) is 11.2. The summed E-state index contributed by atoms with van der Waals surface area (Å²) in [5, 5.41) is 14.4. The largest absolute Gasteiger partial charge is 0.390 e. The van der Waals surface area contributed by atoms with E-state index < -0.39 is 12.3 Å². The Bertz CT molecular complexity index is 1200. The number of carbonyl (C=O) groups is 2. The van der Waals surface area contributed by atoms with E-state index in [1.807, 2.05) is 4.90 Å². The molecule has 2 aliphatic heterocycles. The van der Waals surface area contributed by atoms with Gasteiger partial charge in [-0.25, -0.2) is 4.39 Å². The predicted molar refractivity (Wildman–Crippen MR) is 133 cm³/mol. The number of nitrogens with zero attached hydrogens (tertiary/aromatic N) is 4. The number of fused-ring (bicyclic) bond motifs is 3. The number of rotatable bonds is 4. The van der Waals surface area contributed by atoms with Gasteiger partial charge in [-0.3, -0.25) is 14.3 Å². The van der Waals surface area contributed by atoms with E-state index >= 15 is 0 Å². The number of halogens is 1. The molecule has 36 heavy (non-hydrogen) atoms. The molecule has 1 saturated carbocycles. The first-order valence-corrected chi connectivity index (χ1v) is 13.4. The smallest absolute Gasteiger partial charge is 0.274 e. The lowest BCUT2D eigenvalue weighted by Crippen LogP contribution is -2.47. The first kappa shape index (κ1) is 23.6. The Labute approximate surface area is 211 Å². The molecule has 6 rings (SSSR count). The molecule has 2 aliphatic carbocycles. The van der Waals surface area contributed by atoms with Gasteiger partial charge in [0.05, 0.1) is 12.6 Å². The van der Waals surface area contributed by atoms with E-state index in [1.54, 1.807) is 4.68 Å². The van der Waals surface area contributed by atoms with E-state index in [0.717, 1.165) is 50.0 Å². The third kappa shape index (κ3) is 4.03. The number of carbonyl (C=O) groups excluding carboxylic acids is 2. The number of aliphatic hydroxyl groups excluding tert-OH is 1. The number of alkyl halides is 1. The number of aromatic nitrogens is 2. The van der Waals surface area contributed by atoms with Crippen LogP contribution in [0.2, 0.25) is 0 Å². The van der Waals surface area contributed by atoms with Gasteiger partial charge in [-0.1, -0.05) is 18.2 Å². The Morgan fingerprint density at radius 3 is 2.61 bits per heavy atom. The van der Waals surface area contributed by atoms with E-state index in [1.165, 1.54) is 21.6 Å². The Balaban J connectivity index is 1.15. The standard InChI is InChI=1S/C28H35FN4O3/c1-16-4-3-5-20(17(16)2)18-6-9-31(10-7-18)25(35)15-33-23-13-19-12-21(19)26(23)27(30-33)28(36)32-11-8-24(34)22(29)14-32/h3-5,18-19,21-22,24,34H,6-15H2,1-2H3/t19?,21-,22-,24+/m0/s1. The molecule has 2 saturated heterocycles. The van der Waals surface area contributed by atoms with Gasteiger partial charge in [0, 0.05) is 30.9 Å². The lowest BCUT2D eigenvalue weighted by Gasteiger charge is -2.33. The van der Waals surface area contributed by atoms with Gasteiger partial charge in [0.2, 0.25) is 5.91 Å². The summed E-state index contributed by atoms with van der Waals surface area (Å²) in [6.45, 7) is 6.15. The fraction of sp³-hybridized carbons (Fsp3) is 0.607. The molecule has 4 atom stereocenters. The van der Waals surface area contributed by atoms with Crippen LogP contribution in [-0.2, 0) is 17.8 Å². The van der Waals surface area contributed by atoms with Crippen LogP contribution in [0.4, 0.5) is 4.39 Å². The Morgan fingerprint density at radius 2 is 1.86 bits per heavy atom. The Hall–Kier alpha value is -2.74. The molecule has 0 radical (unpaired) electrons. The van der Waals surface area contributed by atoms with Crippen LogP contribution in [-0.4, -0.2) is 75.0 Å². The molecule has 2 amide bonds. The zero-order valence-electron chi connectivity index (χ0n) is 21.1. The third-order valence-corrected chi connectivity index (χ3v) is 9.06. The molecule has 1 aromatic carbocycles. The number of hydrogen-bond donors (Lipinski definition) is 1. The van der Waals surface area contributed by atoms with Crippen LogP contribution in [0, 0.1) is 19.8 Å². The number of hydrogen-bond acceptors (Lipinski definition) is 4. The highest BCUT2D eigenvalue weighted by atomic mass is 19.1. The van der Waals surface area contributed by atoms with Crippen LogP contribution in [0.1, 0.15) is 76.0 Å². The van der Waals surface area contributed by atoms with Crippen molar-refractivity contribution in [3.63, 3.8) is 0 Å². The highest BCUT2D eigenvalue weighted by Gasteiger charge is 2.51. The highest BCUT2D eigenvalue weighted by molar-refractivity contribution is 5.95. The average molecular weight is 495 g/mol. The van der Waals surface area contributed by atoms with Crippen LogP contribution in [0.25, 0.3) is 0 Å². The van der Waals surface area contributed by atoms with Gasteiger partial charge < -0.3 is 14.9 Å². The molecular weight excluding hydrogens is 459 g/mol. The molecule has 192 valence electrons. The van der Waals surface area contributed by atoms with Crippen molar-refractivity contribution in [2.45, 2.75) is 76.6 Å². The summed E-state index contributed by atoms with van der Waals surface area (Å²) >= 11 is 0. The molecular formula is C28H35FN4O3. The highest BCUT2D eigenvalue weighted by Crippen LogP contribution is 2.57. The van der Waals surface area contributed by atoms with E-state index in [9.17, 15) is 19.1 Å². The fourth-order valence-corrected chi connectivity index (χ4v) is 6.59. The predicted octanol–water partition coefficient (Wildman–Crippen LogP) is 3.11. The molecule has 1 unspecified atom stereocenters. The number of benzene rings is 1. The van der Waals surface area contributed by atoms with Crippen LogP contribution in [0.15, 0.2) is 18.2 Å². The van der Waals surface area contributed by atoms with Crippen molar-refractivity contribution in [3.05, 3.63) is 51.8 Å². The summed E-state index contributed by atoms with van der Waals surface area (Å²) in [5.41, 5.74) is 6.44. The maximum absolute atomic E-state index is 14.1. The molecule has 0 spiro atoms. The van der Waals surface area contributed by atoms with Crippen LogP contribution in [0.3, 0.4) is 0 Å². The summed E-state index contributed by atoms with van der Waals surface area (Å²) in [6.07, 6.45) is 1.61. The molecule has 3 heterocycles. The van der Waals surface area contributed by atoms with E-state index in [0.29, 0.717) is 30.0 Å². The monoisotopic (exact) mass is 494 g/mol. The van der Waals surface area contributed by atoms with E-state index in [-0.39, 0.29) is 31.3 Å². The Morgan fingerprint density at radius 1 is 1.11 bits per heavy atom. The van der Waals surface area contributed by atoms with Crippen molar-refractivity contribution in [3.8, 4) is 0 Å². The van der Waals surface area contributed by atoms with Gasteiger partial charge in [0.1, 0.15) is 12.7 Å². The Kier molecular flexibility index (Phi) is 5.90. The summed E-state index contributed by atoms with van der Waals surface area (Å²) < 4.78 is 15.9. The molecule has 2 aromatic rings. The first-order chi connectivity index (χ1) is 17.3. The van der Waals surface area contributed by atoms with Gasteiger partial charge >= 0.3 is 0 Å². The SMILES string of the molecule is Cc1cccc(C2CCN(C(=O)Cn3nc(C(=O)N4CC[C@@H](O)[C@@H](F)C4)c4c3CC3C[C@H]43)CC2)c1C. The van der Waals surface area contributed by atoms with Crippen LogP contribution < -0.4 is 0 Å². The topological polar surface area (TPSA) is 78.7 Å². The molecule has 1 aromatic heterocycles. The third-order valence-electron chi connectivity index (χ3n) is 9.06.